The molecule has 0 aromatic heterocycles. The van der Waals surface area contributed by atoms with E-state index in [-0.39, 0.29) is 0 Å². The lowest BCUT2D eigenvalue weighted by Crippen LogP contribution is -2.46. The molecule has 0 bridgehead atoms. The van der Waals surface area contributed by atoms with Crippen LogP contribution in [-0.4, -0.2) is 22.8 Å². The van der Waals surface area contributed by atoms with Crippen LogP contribution in [0.1, 0.15) is 64.2 Å². The summed E-state index contributed by atoms with van der Waals surface area (Å²) in [5.41, 5.74) is 0.760. The molecular weight excluding hydrogens is 240 g/mol. The molecule has 0 aromatic rings. The Bertz CT molecular complexity index is 227. The van der Waals surface area contributed by atoms with Gasteiger partial charge in [0.25, 0.3) is 0 Å². The molecule has 0 radical (unpaired) electrons. The van der Waals surface area contributed by atoms with Gasteiger partial charge in [0.05, 0.1) is 0 Å². The van der Waals surface area contributed by atoms with Gasteiger partial charge < -0.3 is 8.85 Å². The quantitative estimate of drug-likeness (QED) is 0.535. The molecule has 0 amide bonds. The predicted molar refractivity (Wildman–Crippen MR) is 78.0 cm³/mol. The SMILES string of the molecule is CO[Si](CC1CCCCCC1)(OC)C1CCCC1. The second-order valence-electron chi connectivity index (χ2n) is 6.26. The van der Waals surface area contributed by atoms with E-state index in [1.807, 2.05) is 14.2 Å². The zero-order valence-electron chi connectivity index (χ0n) is 12.2. The van der Waals surface area contributed by atoms with E-state index in [0.29, 0.717) is 0 Å². The van der Waals surface area contributed by atoms with Crippen LogP contribution in [0.15, 0.2) is 0 Å². The summed E-state index contributed by atoms with van der Waals surface area (Å²) in [6.45, 7) is 0. The third-order valence-electron chi connectivity index (χ3n) is 5.22. The van der Waals surface area contributed by atoms with Gasteiger partial charge in [-0.2, -0.15) is 0 Å². The molecule has 0 unspecified atom stereocenters. The average Bonchev–Trinajstić information content (AvgIpc) is 2.82. The monoisotopic (exact) mass is 270 g/mol. The fourth-order valence-electron chi connectivity index (χ4n) is 4.09. The Balaban J connectivity index is 1.99. The minimum absolute atomic E-state index is 0.760. The molecule has 2 rings (SSSR count). The molecule has 0 N–H and O–H groups in total. The average molecular weight is 270 g/mol. The molecule has 2 nitrogen and oxygen atoms in total. The van der Waals surface area contributed by atoms with Crippen LogP contribution < -0.4 is 0 Å². The van der Waals surface area contributed by atoms with Crippen molar-refractivity contribution in [1.29, 1.82) is 0 Å². The Morgan fingerprint density at radius 2 is 1.28 bits per heavy atom. The van der Waals surface area contributed by atoms with Gasteiger partial charge in [-0.15, -0.1) is 0 Å². The van der Waals surface area contributed by atoms with Crippen molar-refractivity contribution in [1.82, 2.24) is 0 Å². The molecule has 0 aromatic carbocycles. The lowest BCUT2D eigenvalue weighted by molar-refractivity contribution is 0.217. The molecule has 2 aliphatic carbocycles. The highest BCUT2D eigenvalue weighted by atomic mass is 28.4. The van der Waals surface area contributed by atoms with Crippen molar-refractivity contribution >= 4 is 8.56 Å². The van der Waals surface area contributed by atoms with Crippen LogP contribution in [0, 0.1) is 5.92 Å². The Kier molecular flexibility index (Phi) is 5.71. The fraction of sp³-hybridized carbons (Fsp3) is 1.00. The highest BCUT2D eigenvalue weighted by Crippen LogP contribution is 2.44. The summed E-state index contributed by atoms with van der Waals surface area (Å²) in [6.07, 6.45) is 14.0. The van der Waals surface area contributed by atoms with Crippen LogP contribution in [-0.2, 0) is 8.85 Å². The van der Waals surface area contributed by atoms with Crippen molar-refractivity contribution < 1.29 is 8.85 Å². The molecule has 0 saturated heterocycles. The summed E-state index contributed by atoms with van der Waals surface area (Å²) >= 11 is 0. The van der Waals surface area contributed by atoms with E-state index in [1.54, 1.807) is 0 Å². The third kappa shape index (κ3) is 3.37. The van der Waals surface area contributed by atoms with Gasteiger partial charge >= 0.3 is 8.56 Å². The summed E-state index contributed by atoms with van der Waals surface area (Å²) in [7, 11) is 1.89. The summed E-state index contributed by atoms with van der Waals surface area (Å²) < 4.78 is 12.1. The molecule has 2 fully saturated rings. The van der Waals surface area contributed by atoms with Crippen LogP contribution in [0.3, 0.4) is 0 Å². The molecule has 106 valence electrons. The summed E-state index contributed by atoms with van der Waals surface area (Å²) in [4.78, 5) is 0. The lowest BCUT2D eigenvalue weighted by atomic mass is 10.0. The van der Waals surface area contributed by atoms with E-state index < -0.39 is 8.56 Å². The summed E-state index contributed by atoms with van der Waals surface area (Å²) in [5, 5.41) is 0. The summed E-state index contributed by atoms with van der Waals surface area (Å²) in [6, 6.07) is 1.25. The first-order valence-electron chi connectivity index (χ1n) is 7.91. The maximum absolute atomic E-state index is 6.03. The van der Waals surface area contributed by atoms with Crippen LogP contribution in [0.4, 0.5) is 0 Å². The number of hydrogen-bond acceptors (Lipinski definition) is 2. The van der Waals surface area contributed by atoms with E-state index in [1.165, 1.54) is 70.3 Å². The van der Waals surface area contributed by atoms with E-state index in [0.717, 1.165) is 11.5 Å². The first kappa shape index (κ1) is 14.5. The summed E-state index contributed by atoms with van der Waals surface area (Å²) in [5.74, 6) is 0.875. The highest BCUT2D eigenvalue weighted by Gasteiger charge is 2.46. The minimum Gasteiger partial charge on any atom is -0.397 e. The van der Waals surface area contributed by atoms with E-state index in [2.05, 4.69) is 0 Å². The van der Waals surface area contributed by atoms with Crippen molar-refractivity contribution in [2.75, 3.05) is 14.2 Å². The van der Waals surface area contributed by atoms with Crippen LogP contribution in [0.25, 0.3) is 0 Å². The minimum atomic E-state index is -1.92. The molecular formula is C15H30O2Si. The molecule has 2 saturated carbocycles. The van der Waals surface area contributed by atoms with Crippen LogP contribution in [0.2, 0.25) is 11.6 Å². The van der Waals surface area contributed by atoms with Crippen LogP contribution >= 0.6 is 0 Å². The van der Waals surface area contributed by atoms with Gasteiger partial charge in [0.15, 0.2) is 0 Å². The van der Waals surface area contributed by atoms with E-state index >= 15 is 0 Å². The van der Waals surface area contributed by atoms with Gasteiger partial charge in [-0.05, 0) is 24.8 Å². The molecule has 18 heavy (non-hydrogen) atoms. The topological polar surface area (TPSA) is 18.5 Å². The van der Waals surface area contributed by atoms with Crippen molar-refractivity contribution in [2.24, 2.45) is 5.92 Å². The van der Waals surface area contributed by atoms with Crippen molar-refractivity contribution in [3.05, 3.63) is 0 Å². The molecule has 0 spiro atoms. The Morgan fingerprint density at radius 1 is 0.778 bits per heavy atom. The zero-order valence-corrected chi connectivity index (χ0v) is 13.2. The standard InChI is InChI=1S/C15H30O2Si/c1-16-18(17-2,15-11-7-8-12-15)13-14-9-5-3-4-6-10-14/h14-15H,3-13H2,1-2H3. The second kappa shape index (κ2) is 7.06. The molecule has 0 atom stereocenters. The van der Waals surface area contributed by atoms with Gasteiger partial charge in [-0.3, -0.25) is 0 Å². The predicted octanol–water partition coefficient (Wildman–Crippen LogP) is 4.64. The molecule has 2 aliphatic rings. The largest absolute Gasteiger partial charge is 0.397 e. The lowest BCUT2D eigenvalue weighted by Gasteiger charge is -2.35. The van der Waals surface area contributed by atoms with Crippen molar-refractivity contribution in [3.63, 3.8) is 0 Å². The van der Waals surface area contributed by atoms with Crippen molar-refractivity contribution in [3.8, 4) is 0 Å². The third-order valence-corrected chi connectivity index (χ3v) is 9.57. The van der Waals surface area contributed by atoms with Gasteiger partial charge in [-0.1, -0.05) is 51.4 Å². The molecule has 0 heterocycles. The maximum Gasteiger partial charge on any atom is 0.341 e. The normalized spacial score (nSPS) is 24.3. The Labute approximate surface area is 114 Å². The fourth-order valence-corrected chi connectivity index (χ4v) is 8.09. The molecule has 3 heteroatoms. The first-order valence-corrected chi connectivity index (χ1v) is 10.0. The first-order chi connectivity index (χ1) is 8.80. The van der Waals surface area contributed by atoms with Gasteiger partial charge in [0.1, 0.15) is 0 Å². The van der Waals surface area contributed by atoms with Gasteiger partial charge in [-0.25, -0.2) is 0 Å². The van der Waals surface area contributed by atoms with Gasteiger partial charge in [0, 0.05) is 19.8 Å². The smallest absolute Gasteiger partial charge is 0.341 e. The van der Waals surface area contributed by atoms with Gasteiger partial charge in [0.2, 0.25) is 0 Å². The number of rotatable bonds is 5. The van der Waals surface area contributed by atoms with Crippen LogP contribution in [0.5, 0.6) is 0 Å². The zero-order chi connectivity index (χ0) is 12.8. The maximum atomic E-state index is 6.03. The highest BCUT2D eigenvalue weighted by molar-refractivity contribution is 6.69. The van der Waals surface area contributed by atoms with Crippen molar-refractivity contribution in [2.45, 2.75) is 75.8 Å². The second-order valence-corrected chi connectivity index (χ2v) is 9.93. The number of hydrogen-bond donors (Lipinski definition) is 0. The Hall–Kier alpha value is 0.137. The van der Waals surface area contributed by atoms with E-state index in [9.17, 15) is 0 Å². The molecule has 0 aliphatic heterocycles. The Morgan fingerprint density at radius 3 is 1.78 bits per heavy atom. The van der Waals surface area contributed by atoms with E-state index in [4.69, 9.17) is 8.85 Å².